The highest BCUT2D eigenvalue weighted by Gasteiger charge is 2.15. The maximum atomic E-state index is 13.0. The molecular weight excluding hydrogens is 247 g/mol. The third-order valence-electron chi connectivity index (χ3n) is 2.81. The molecule has 0 heterocycles. The number of carbonyl (C=O) groups is 2. The summed E-state index contributed by atoms with van der Waals surface area (Å²) in [5, 5.41) is 2.52. The largest absolute Gasteiger partial charge is 0.368 e. The van der Waals surface area contributed by atoms with Crippen LogP contribution in [0.5, 0.6) is 0 Å². The molecule has 0 fully saturated rings. The first-order valence-electron chi connectivity index (χ1n) is 6.21. The van der Waals surface area contributed by atoms with Crippen molar-refractivity contribution in [3.8, 4) is 0 Å². The number of nitrogens with one attached hydrogen (secondary N) is 1. The van der Waals surface area contributed by atoms with E-state index in [9.17, 15) is 14.0 Å². The van der Waals surface area contributed by atoms with Gasteiger partial charge in [0.05, 0.1) is 0 Å². The Balaban J connectivity index is 2.45. The van der Waals surface area contributed by atoms with Crippen LogP contribution in [0.25, 0.3) is 0 Å². The average Bonchev–Trinajstić information content (AvgIpc) is 2.27. The molecule has 0 aliphatic heterocycles. The van der Waals surface area contributed by atoms with Crippen LogP contribution < -0.4 is 11.1 Å². The fourth-order valence-corrected chi connectivity index (χ4v) is 1.83. The Morgan fingerprint density at radius 2 is 2.05 bits per heavy atom. The summed E-state index contributed by atoms with van der Waals surface area (Å²) in [6.07, 6.45) is 0.879. The molecule has 0 spiro atoms. The maximum absolute atomic E-state index is 13.0. The molecule has 2 atom stereocenters. The number of rotatable bonds is 6. The van der Waals surface area contributed by atoms with E-state index in [1.807, 2.05) is 13.0 Å². The fourth-order valence-electron chi connectivity index (χ4n) is 1.83. The molecular formula is C14H19FN2O2. The van der Waals surface area contributed by atoms with Gasteiger partial charge in [0.15, 0.2) is 0 Å². The van der Waals surface area contributed by atoms with E-state index in [0.717, 1.165) is 5.56 Å². The van der Waals surface area contributed by atoms with Gasteiger partial charge in [-0.05, 0) is 37.0 Å². The quantitative estimate of drug-likeness (QED) is 0.816. The first-order chi connectivity index (χ1) is 8.88. The van der Waals surface area contributed by atoms with Crippen LogP contribution in [0.15, 0.2) is 24.3 Å². The van der Waals surface area contributed by atoms with E-state index in [1.54, 1.807) is 6.07 Å². The first kappa shape index (κ1) is 15.1. The highest BCUT2D eigenvalue weighted by molar-refractivity contribution is 5.86. The van der Waals surface area contributed by atoms with Gasteiger partial charge >= 0.3 is 0 Å². The van der Waals surface area contributed by atoms with Crippen molar-refractivity contribution >= 4 is 11.8 Å². The Hall–Kier alpha value is -1.91. The van der Waals surface area contributed by atoms with Gasteiger partial charge in [0.2, 0.25) is 11.8 Å². The standard InChI is InChI=1S/C14H19FN2O2/c1-9(6-11-4-3-5-12(15)8-11)7-13(18)17-10(2)14(16)19/h3-5,8-10H,6-7H2,1-2H3,(H2,16,19)(H,17,18)/t9-,10+/m0/s1. The van der Waals surface area contributed by atoms with E-state index in [2.05, 4.69) is 5.32 Å². The van der Waals surface area contributed by atoms with Crippen molar-refractivity contribution in [2.45, 2.75) is 32.7 Å². The van der Waals surface area contributed by atoms with Crippen LogP contribution in [0.3, 0.4) is 0 Å². The van der Waals surface area contributed by atoms with Crippen LogP contribution in [-0.4, -0.2) is 17.9 Å². The van der Waals surface area contributed by atoms with Crippen molar-refractivity contribution in [3.05, 3.63) is 35.6 Å². The van der Waals surface area contributed by atoms with Crippen LogP contribution in [0.4, 0.5) is 4.39 Å². The van der Waals surface area contributed by atoms with Crippen LogP contribution in [0.1, 0.15) is 25.8 Å². The molecule has 4 nitrogen and oxygen atoms in total. The summed E-state index contributed by atoms with van der Waals surface area (Å²) in [7, 11) is 0. The van der Waals surface area contributed by atoms with Gasteiger partial charge in [-0.1, -0.05) is 19.1 Å². The summed E-state index contributed by atoms with van der Waals surface area (Å²) >= 11 is 0. The first-order valence-corrected chi connectivity index (χ1v) is 6.21. The molecule has 0 radical (unpaired) electrons. The molecule has 2 amide bonds. The second-order valence-corrected chi connectivity index (χ2v) is 4.83. The second kappa shape index (κ2) is 6.87. The summed E-state index contributed by atoms with van der Waals surface area (Å²) in [4.78, 5) is 22.4. The van der Waals surface area contributed by atoms with Gasteiger partial charge in [-0.25, -0.2) is 4.39 Å². The summed E-state index contributed by atoms with van der Waals surface area (Å²) in [5.74, 6) is -1.01. The molecule has 3 N–H and O–H groups in total. The number of nitrogens with two attached hydrogens (primary N) is 1. The number of primary amides is 1. The molecule has 0 aliphatic carbocycles. The molecule has 1 aromatic carbocycles. The monoisotopic (exact) mass is 266 g/mol. The van der Waals surface area contributed by atoms with Gasteiger partial charge in [0.1, 0.15) is 11.9 Å². The van der Waals surface area contributed by atoms with Gasteiger partial charge in [0, 0.05) is 6.42 Å². The van der Waals surface area contributed by atoms with E-state index in [1.165, 1.54) is 19.1 Å². The van der Waals surface area contributed by atoms with Gasteiger partial charge in [0.25, 0.3) is 0 Å². The number of benzene rings is 1. The van der Waals surface area contributed by atoms with Crippen molar-refractivity contribution < 1.29 is 14.0 Å². The molecule has 0 bridgehead atoms. The topological polar surface area (TPSA) is 72.2 Å². The molecule has 0 aliphatic rings. The van der Waals surface area contributed by atoms with Gasteiger partial charge in [-0.3, -0.25) is 9.59 Å². The molecule has 1 rings (SSSR count). The second-order valence-electron chi connectivity index (χ2n) is 4.83. The third-order valence-corrected chi connectivity index (χ3v) is 2.81. The van der Waals surface area contributed by atoms with Gasteiger partial charge < -0.3 is 11.1 Å². The SMILES string of the molecule is C[C@H](CC(=O)N[C@H](C)C(N)=O)Cc1cccc(F)c1. The summed E-state index contributed by atoms with van der Waals surface area (Å²) in [6.45, 7) is 3.44. The van der Waals surface area contributed by atoms with Crippen molar-refractivity contribution in [1.29, 1.82) is 0 Å². The van der Waals surface area contributed by atoms with Gasteiger partial charge in [-0.2, -0.15) is 0 Å². The van der Waals surface area contributed by atoms with E-state index in [4.69, 9.17) is 5.73 Å². The smallest absolute Gasteiger partial charge is 0.239 e. The zero-order chi connectivity index (χ0) is 14.4. The third kappa shape index (κ3) is 5.50. The predicted octanol–water partition coefficient (Wildman–Crippen LogP) is 1.38. The summed E-state index contributed by atoms with van der Waals surface area (Å²) in [6, 6.07) is 5.64. The Morgan fingerprint density at radius 1 is 1.37 bits per heavy atom. The summed E-state index contributed by atoms with van der Waals surface area (Å²) in [5.41, 5.74) is 5.91. The molecule has 104 valence electrons. The van der Waals surface area contributed by atoms with E-state index in [-0.39, 0.29) is 24.1 Å². The average molecular weight is 266 g/mol. The highest BCUT2D eigenvalue weighted by atomic mass is 19.1. The minimum Gasteiger partial charge on any atom is -0.368 e. The lowest BCUT2D eigenvalue weighted by Crippen LogP contribution is -2.42. The minimum atomic E-state index is -0.672. The lowest BCUT2D eigenvalue weighted by molar-refractivity contribution is -0.127. The lowest BCUT2D eigenvalue weighted by Gasteiger charge is -2.14. The molecule has 0 aromatic heterocycles. The Bertz CT molecular complexity index is 463. The van der Waals surface area contributed by atoms with Crippen LogP contribution in [0.2, 0.25) is 0 Å². The van der Waals surface area contributed by atoms with Crippen molar-refractivity contribution in [3.63, 3.8) is 0 Å². The van der Waals surface area contributed by atoms with Crippen molar-refractivity contribution in [1.82, 2.24) is 5.32 Å². The lowest BCUT2D eigenvalue weighted by atomic mass is 9.97. The molecule has 0 saturated carbocycles. The van der Waals surface area contributed by atoms with Crippen molar-refractivity contribution in [2.24, 2.45) is 11.7 Å². The zero-order valence-electron chi connectivity index (χ0n) is 11.2. The highest BCUT2D eigenvalue weighted by Crippen LogP contribution is 2.13. The number of carbonyl (C=O) groups excluding carboxylic acids is 2. The van der Waals surface area contributed by atoms with Crippen LogP contribution in [0, 0.1) is 11.7 Å². The number of halogens is 1. The normalized spacial score (nSPS) is 13.6. The van der Waals surface area contributed by atoms with E-state index < -0.39 is 11.9 Å². The van der Waals surface area contributed by atoms with E-state index in [0.29, 0.717) is 6.42 Å². The Kier molecular flexibility index (Phi) is 5.48. The Labute approximate surface area is 112 Å². The number of hydrogen-bond acceptors (Lipinski definition) is 2. The van der Waals surface area contributed by atoms with Crippen molar-refractivity contribution in [2.75, 3.05) is 0 Å². The molecule has 0 saturated heterocycles. The number of amides is 2. The Morgan fingerprint density at radius 3 is 2.63 bits per heavy atom. The number of hydrogen-bond donors (Lipinski definition) is 2. The molecule has 0 unspecified atom stereocenters. The summed E-state index contributed by atoms with van der Waals surface area (Å²) < 4.78 is 13.0. The molecule has 1 aromatic rings. The fraction of sp³-hybridized carbons (Fsp3) is 0.429. The molecule has 19 heavy (non-hydrogen) atoms. The van der Waals surface area contributed by atoms with Crippen LogP contribution in [-0.2, 0) is 16.0 Å². The molecule has 5 heteroatoms. The van der Waals surface area contributed by atoms with Crippen LogP contribution >= 0.6 is 0 Å². The minimum absolute atomic E-state index is 0.0573. The maximum Gasteiger partial charge on any atom is 0.239 e. The van der Waals surface area contributed by atoms with E-state index >= 15 is 0 Å². The zero-order valence-corrected chi connectivity index (χ0v) is 11.2. The van der Waals surface area contributed by atoms with Gasteiger partial charge in [-0.15, -0.1) is 0 Å². The predicted molar refractivity (Wildman–Crippen MR) is 70.7 cm³/mol.